The maximum absolute atomic E-state index is 12.3. The molecule has 5 fully saturated rings. The number of hydrogen-bond donors (Lipinski definition) is 0. The normalized spacial score (nSPS) is 47.9. The summed E-state index contributed by atoms with van der Waals surface area (Å²) in [6, 6.07) is 0. The highest BCUT2D eigenvalue weighted by atomic mass is 16.7. The van der Waals surface area contributed by atoms with Gasteiger partial charge in [0, 0.05) is 42.9 Å². The van der Waals surface area contributed by atoms with Crippen LogP contribution in [0.25, 0.3) is 0 Å². The minimum atomic E-state index is -0.271. The van der Waals surface area contributed by atoms with E-state index in [1.54, 1.807) is 0 Å². The van der Waals surface area contributed by atoms with Gasteiger partial charge in [-0.05, 0) is 54.9 Å². The Morgan fingerprint density at radius 3 is 2.32 bits per heavy atom. The molecule has 212 valence electrons. The molecular weight excluding hydrogens is 484 g/mol. The molecule has 38 heavy (non-hydrogen) atoms. The van der Waals surface area contributed by atoms with E-state index in [9.17, 15) is 9.59 Å². The third-order valence-corrected chi connectivity index (χ3v) is 11.5. The van der Waals surface area contributed by atoms with E-state index in [2.05, 4.69) is 40.7 Å². The Morgan fingerprint density at radius 1 is 0.974 bits per heavy atom. The summed E-state index contributed by atoms with van der Waals surface area (Å²) in [6.07, 6.45) is 6.75. The predicted octanol–water partition coefficient (Wildman–Crippen LogP) is 5.06. The van der Waals surface area contributed by atoms with Crippen LogP contribution >= 0.6 is 0 Å². The molecule has 11 atom stereocenters. The molecule has 2 heterocycles. The second-order valence-electron chi connectivity index (χ2n) is 14.5. The topological polar surface area (TPSA) is 83.6 Å². The largest absolute Gasteiger partial charge is 0.459 e. The fourth-order valence-electron chi connectivity index (χ4n) is 9.71. The van der Waals surface area contributed by atoms with Crippen LogP contribution < -0.4 is 0 Å². The zero-order chi connectivity index (χ0) is 27.2. The van der Waals surface area contributed by atoms with E-state index < -0.39 is 0 Å². The Hall–Kier alpha value is -1.44. The molecule has 6 rings (SSSR count). The summed E-state index contributed by atoms with van der Waals surface area (Å²) in [5.41, 5.74) is 1.33. The molecule has 2 aliphatic heterocycles. The monoisotopic (exact) mass is 530 g/mol. The number of epoxide rings is 1. The van der Waals surface area contributed by atoms with Gasteiger partial charge in [-0.3, -0.25) is 9.59 Å². The summed E-state index contributed by atoms with van der Waals surface area (Å²) in [4.78, 5) is 24.1. The van der Waals surface area contributed by atoms with Crippen LogP contribution in [0.1, 0.15) is 80.6 Å². The van der Waals surface area contributed by atoms with Gasteiger partial charge in [-0.2, -0.15) is 0 Å². The summed E-state index contributed by atoms with van der Waals surface area (Å²) in [7, 11) is 0. The number of carbonyl (C=O) groups is 2. The smallest absolute Gasteiger partial charge is 0.303 e. The highest BCUT2D eigenvalue weighted by Crippen LogP contribution is 2.70. The van der Waals surface area contributed by atoms with E-state index in [0.29, 0.717) is 30.1 Å². The van der Waals surface area contributed by atoms with Crippen LogP contribution in [-0.4, -0.2) is 55.9 Å². The van der Waals surface area contributed by atoms with Crippen LogP contribution in [0.3, 0.4) is 0 Å². The molecular formula is C31H46O7. The number of ether oxygens (including phenoxy) is 5. The first-order valence-electron chi connectivity index (χ1n) is 14.8. The molecule has 0 amide bonds. The van der Waals surface area contributed by atoms with Gasteiger partial charge in [0.25, 0.3) is 0 Å². The maximum atomic E-state index is 12.3. The van der Waals surface area contributed by atoms with E-state index >= 15 is 0 Å². The van der Waals surface area contributed by atoms with Gasteiger partial charge in [0.1, 0.15) is 18.3 Å². The van der Waals surface area contributed by atoms with E-state index in [1.165, 1.54) is 19.4 Å². The minimum absolute atomic E-state index is 0.0264. The standard InChI is InChI=1S/C31H46O7/c1-16(28-34-14-29(4,5)15-35-28)20-8-9-21-25-22(10-11-30(20,21)6)31(7)19(12-23(25)36-17(2)32)13-24(37-18(3)33)26-27(31)38-26/h12,16,20-28H,8-11,13-15H2,1-7H3/t16?,20-,21?,22?,23-,24-,25?,26+,27+,30-,31+/m1/s1. The van der Waals surface area contributed by atoms with Crippen molar-refractivity contribution >= 4 is 11.9 Å². The molecule has 0 aromatic rings. The number of carbonyl (C=O) groups excluding carboxylic acids is 2. The van der Waals surface area contributed by atoms with E-state index in [1.807, 2.05) is 0 Å². The van der Waals surface area contributed by atoms with Crippen molar-refractivity contribution in [3.8, 4) is 0 Å². The number of hydrogen-bond acceptors (Lipinski definition) is 7. The second-order valence-corrected chi connectivity index (χ2v) is 14.5. The summed E-state index contributed by atoms with van der Waals surface area (Å²) in [5, 5.41) is 0. The molecule has 0 bridgehead atoms. The van der Waals surface area contributed by atoms with Crippen molar-refractivity contribution < 1.29 is 33.3 Å². The van der Waals surface area contributed by atoms with Crippen LogP contribution in [0.4, 0.5) is 0 Å². The van der Waals surface area contributed by atoms with Gasteiger partial charge in [-0.25, -0.2) is 0 Å². The van der Waals surface area contributed by atoms with Gasteiger partial charge >= 0.3 is 11.9 Å². The number of esters is 2. The van der Waals surface area contributed by atoms with Crippen LogP contribution in [-0.2, 0) is 33.3 Å². The number of rotatable bonds is 4. The second kappa shape index (κ2) is 9.04. The van der Waals surface area contributed by atoms with Crippen molar-refractivity contribution in [3.05, 3.63) is 11.6 Å². The fourth-order valence-corrected chi connectivity index (χ4v) is 9.71. The Kier molecular flexibility index (Phi) is 6.36. The first kappa shape index (κ1) is 26.8. The average Bonchev–Trinajstić information content (AvgIpc) is 3.56. The first-order valence-corrected chi connectivity index (χ1v) is 14.8. The van der Waals surface area contributed by atoms with E-state index in [-0.39, 0.29) is 64.8 Å². The van der Waals surface area contributed by atoms with Gasteiger partial charge in [0.05, 0.1) is 19.3 Å². The molecule has 0 aromatic heterocycles. The van der Waals surface area contributed by atoms with E-state index in [0.717, 1.165) is 38.9 Å². The Balaban J connectivity index is 1.29. The van der Waals surface area contributed by atoms with Crippen molar-refractivity contribution in [2.45, 2.75) is 111 Å². The summed E-state index contributed by atoms with van der Waals surface area (Å²) in [6.45, 7) is 16.0. The van der Waals surface area contributed by atoms with Crippen molar-refractivity contribution in [2.24, 2.45) is 45.8 Å². The minimum Gasteiger partial charge on any atom is -0.459 e. The Bertz CT molecular complexity index is 1010. The van der Waals surface area contributed by atoms with Gasteiger partial charge < -0.3 is 23.7 Å². The summed E-state index contributed by atoms with van der Waals surface area (Å²) >= 11 is 0. The van der Waals surface area contributed by atoms with Gasteiger partial charge in [-0.1, -0.05) is 40.2 Å². The quantitative estimate of drug-likeness (QED) is 0.285. The lowest BCUT2D eigenvalue weighted by Crippen LogP contribution is -2.58. The molecule has 0 radical (unpaired) electrons. The average molecular weight is 531 g/mol. The van der Waals surface area contributed by atoms with Crippen LogP contribution in [0.5, 0.6) is 0 Å². The van der Waals surface area contributed by atoms with Crippen molar-refractivity contribution in [1.82, 2.24) is 0 Å². The van der Waals surface area contributed by atoms with Crippen molar-refractivity contribution in [1.29, 1.82) is 0 Å². The van der Waals surface area contributed by atoms with Crippen LogP contribution in [0, 0.1) is 45.8 Å². The zero-order valence-corrected chi connectivity index (χ0v) is 24.2. The van der Waals surface area contributed by atoms with Crippen molar-refractivity contribution in [2.75, 3.05) is 13.2 Å². The van der Waals surface area contributed by atoms with Crippen molar-refractivity contribution in [3.63, 3.8) is 0 Å². The molecule has 7 heteroatoms. The molecule has 4 aliphatic carbocycles. The molecule has 6 aliphatic rings. The predicted molar refractivity (Wildman–Crippen MR) is 140 cm³/mol. The maximum Gasteiger partial charge on any atom is 0.303 e. The molecule has 4 unspecified atom stereocenters. The lowest BCUT2D eigenvalue weighted by Gasteiger charge is -2.59. The Labute approximate surface area is 227 Å². The fraction of sp³-hybridized carbons (Fsp3) is 0.871. The summed E-state index contributed by atoms with van der Waals surface area (Å²) in [5.74, 6) is 1.39. The molecule has 2 saturated heterocycles. The molecule has 0 spiro atoms. The molecule has 3 saturated carbocycles. The molecule has 7 nitrogen and oxygen atoms in total. The highest BCUT2D eigenvalue weighted by Gasteiger charge is 2.70. The Morgan fingerprint density at radius 2 is 1.66 bits per heavy atom. The van der Waals surface area contributed by atoms with Crippen LogP contribution in [0.15, 0.2) is 11.6 Å². The van der Waals surface area contributed by atoms with Gasteiger partial charge in [-0.15, -0.1) is 0 Å². The number of fused-ring (bicyclic) bond motifs is 7. The lowest BCUT2D eigenvalue weighted by molar-refractivity contribution is -0.253. The first-order chi connectivity index (χ1) is 17.8. The third-order valence-electron chi connectivity index (χ3n) is 11.5. The third kappa shape index (κ3) is 4.09. The summed E-state index contributed by atoms with van der Waals surface area (Å²) < 4.78 is 30.5. The van der Waals surface area contributed by atoms with Gasteiger partial charge in [0.2, 0.25) is 0 Å². The molecule has 0 N–H and O–H groups in total. The SMILES string of the molecule is CC(=O)O[C@@H]1C=C2C[C@@H](OC(C)=O)[C@@H]3O[C@@H]3[C@]2(C)C2CC[C@@]3(C)C(CC[C@@H]3C(C)C3OCC(C)(C)CO3)C21. The highest BCUT2D eigenvalue weighted by molar-refractivity contribution is 5.67. The van der Waals surface area contributed by atoms with E-state index in [4.69, 9.17) is 23.7 Å². The lowest BCUT2D eigenvalue weighted by atomic mass is 9.46. The molecule has 0 aromatic carbocycles. The zero-order valence-electron chi connectivity index (χ0n) is 24.2. The van der Waals surface area contributed by atoms with Crippen LogP contribution in [0.2, 0.25) is 0 Å². The van der Waals surface area contributed by atoms with Gasteiger partial charge in [0.15, 0.2) is 6.29 Å².